The second kappa shape index (κ2) is 5.19. The minimum atomic E-state index is -0.238. The summed E-state index contributed by atoms with van der Waals surface area (Å²) in [5.41, 5.74) is 1.22. The van der Waals surface area contributed by atoms with Gasteiger partial charge in [0.1, 0.15) is 6.10 Å². The van der Waals surface area contributed by atoms with Crippen molar-refractivity contribution in [1.82, 2.24) is 5.32 Å². The quantitative estimate of drug-likeness (QED) is 0.899. The fourth-order valence-electron chi connectivity index (χ4n) is 2.25. The van der Waals surface area contributed by atoms with Gasteiger partial charge in [-0.05, 0) is 45.2 Å². The first kappa shape index (κ1) is 12.6. The molecule has 17 heavy (non-hydrogen) atoms. The lowest BCUT2D eigenvalue weighted by atomic mass is 10.1. The first-order valence-corrected chi connectivity index (χ1v) is 6.88. The second-order valence-corrected chi connectivity index (χ2v) is 6.06. The van der Waals surface area contributed by atoms with Gasteiger partial charge in [0.15, 0.2) is 0 Å². The highest BCUT2D eigenvalue weighted by Crippen LogP contribution is 2.26. The monoisotopic (exact) mass is 253 g/mol. The smallest absolute Gasteiger partial charge is 0.249 e. The molecule has 1 aromatic heterocycles. The summed E-state index contributed by atoms with van der Waals surface area (Å²) in [5.74, 6) is 0.0262. The Morgan fingerprint density at radius 1 is 1.59 bits per heavy atom. The molecule has 3 nitrogen and oxygen atoms in total. The van der Waals surface area contributed by atoms with Gasteiger partial charge in [-0.15, -0.1) is 11.3 Å². The zero-order valence-corrected chi connectivity index (χ0v) is 11.4. The van der Waals surface area contributed by atoms with Crippen LogP contribution in [0, 0.1) is 13.8 Å². The van der Waals surface area contributed by atoms with E-state index in [1.165, 1.54) is 15.3 Å². The van der Waals surface area contributed by atoms with Gasteiger partial charge in [0.25, 0.3) is 0 Å². The maximum Gasteiger partial charge on any atom is 0.249 e. The number of carbonyl (C=O) groups excluding carboxylic acids is 1. The standard InChI is InChI=1S/C13H19NO2S/c1-8-7-11(10(3)17-8)9(2)14-13(15)12-5-4-6-16-12/h7,9,12H,4-6H2,1-3H3,(H,14,15). The molecule has 1 aromatic rings. The Morgan fingerprint density at radius 3 is 2.88 bits per heavy atom. The van der Waals surface area contributed by atoms with Crippen LogP contribution in [0.5, 0.6) is 0 Å². The van der Waals surface area contributed by atoms with E-state index >= 15 is 0 Å². The van der Waals surface area contributed by atoms with Crippen molar-refractivity contribution in [1.29, 1.82) is 0 Å². The molecule has 1 N–H and O–H groups in total. The molecule has 1 aliphatic heterocycles. The molecule has 0 spiro atoms. The molecular formula is C13H19NO2S. The van der Waals surface area contributed by atoms with Crippen molar-refractivity contribution < 1.29 is 9.53 Å². The predicted octanol–water partition coefficient (Wildman–Crippen LogP) is 2.72. The van der Waals surface area contributed by atoms with Crippen molar-refractivity contribution in [2.75, 3.05) is 6.61 Å². The van der Waals surface area contributed by atoms with Crippen LogP contribution in [0.25, 0.3) is 0 Å². The highest BCUT2D eigenvalue weighted by molar-refractivity contribution is 7.12. The third-order valence-electron chi connectivity index (χ3n) is 3.13. The molecule has 0 bridgehead atoms. The molecule has 0 saturated carbocycles. The molecule has 2 unspecified atom stereocenters. The van der Waals surface area contributed by atoms with Crippen LogP contribution in [0.2, 0.25) is 0 Å². The number of carbonyl (C=O) groups is 1. The molecule has 1 fully saturated rings. The van der Waals surface area contributed by atoms with E-state index in [9.17, 15) is 4.79 Å². The highest BCUT2D eigenvalue weighted by Gasteiger charge is 2.25. The average molecular weight is 253 g/mol. The Labute approximate surface area is 106 Å². The molecule has 1 saturated heterocycles. The number of aryl methyl sites for hydroxylation is 2. The van der Waals surface area contributed by atoms with Gasteiger partial charge in [0.05, 0.1) is 6.04 Å². The third-order valence-corrected chi connectivity index (χ3v) is 4.11. The molecule has 0 aromatic carbocycles. The molecule has 0 radical (unpaired) electrons. The van der Waals surface area contributed by atoms with Gasteiger partial charge in [-0.25, -0.2) is 0 Å². The maximum atomic E-state index is 11.9. The third kappa shape index (κ3) is 2.87. The van der Waals surface area contributed by atoms with Gasteiger partial charge in [0.2, 0.25) is 5.91 Å². The number of ether oxygens (including phenoxy) is 1. The van der Waals surface area contributed by atoms with Crippen molar-refractivity contribution in [3.63, 3.8) is 0 Å². The Morgan fingerprint density at radius 2 is 2.35 bits per heavy atom. The molecule has 2 rings (SSSR count). The summed E-state index contributed by atoms with van der Waals surface area (Å²) >= 11 is 1.77. The van der Waals surface area contributed by atoms with Crippen LogP contribution in [-0.4, -0.2) is 18.6 Å². The Kier molecular flexibility index (Phi) is 3.84. The van der Waals surface area contributed by atoms with Gasteiger partial charge in [0, 0.05) is 16.4 Å². The summed E-state index contributed by atoms with van der Waals surface area (Å²) in [5, 5.41) is 3.04. The van der Waals surface area contributed by atoms with Crippen LogP contribution in [0.15, 0.2) is 6.07 Å². The summed E-state index contributed by atoms with van der Waals surface area (Å²) in [4.78, 5) is 14.5. The van der Waals surface area contributed by atoms with Crippen molar-refractivity contribution in [3.8, 4) is 0 Å². The SMILES string of the molecule is Cc1cc(C(C)NC(=O)C2CCCO2)c(C)s1. The van der Waals surface area contributed by atoms with Crippen LogP contribution < -0.4 is 5.32 Å². The second-order valence-electron chi connectivity index (χ2n) is 4.60. The van der Waals surface area contributed by atoms with E-state index in [1.54, 1.807) is 11.3 Å². The lowest BCUT2D eigenvalue weighted by molar-refractivity contribution is -0.130. The van der Waals surface area contributed by atoms with E-state index in [0.717, 1.165) is 12.8 Å². The van der Waals surface area contributed by atoms with Gasteiger partial charge in [-0.1, -0.05) is 0 Å². The lowest BCUT2D eigenvalue weighted by Crippen LogP contribution is -2.35. The molecule has 1 amide bonds. The fraction of sp³-hybridized carbons (Fsp3) is 0.615. The van der Waals surface area contributed by atoms with Crippen molar-refractivity contribution >= 4 is 17.2 Å². The van der Waals surface area contributed by atoms with Crippen LogP contribution in [0.1, 0.15) is 41.1 Å². The van der Waals surface area contributed by atoms with Gasteiger partial charge >= 0.3 is 0 Å². The van der Waals surface area contributed by atoms with Crippen LogP contribution in [0.4, 0.5) is 0 Å². The molecule has 4 heteroatoms. The zero-order chi connectivity index (χ0) is 12.4. The first-order valence-electron chi connectivity index (χ1n) is 6.07. The Balaban J connectivity index is 1.98. The number of hydrogen-bond acceptors (Lipinski definition) is 3. The van der Waals surface area contributed by atoms with Gasteiger partial charge in [-0.3, -0.25) is 4.79 Å². The van der Waals surface area contributed by atoms with E-state index in [2.05, 4.69) is 25.2 Å². The molecule has 94 valence electrons. The highest BCUT2D eigenvalue weighted by atomic mass is 32.1. The van der Waals surface area contributed by atoms with E-state index < -0.39 is 0 Å². The molecular weight excluding hydrogens is 234 g/mol. The fourth-order valence-corrected chi connectivity index (χ4v) is 3.27. The average Bonchev–Trinajstić information content (AvgIpc) is 2.87. The molecule has 1 aliphatic rings. The van der Waals surface area contributed by atoms with Crippen molar-refractivity contribution in [2.24, 2.45) is 0 Å². The van der Waals surface area contributed by atoms with Crippen LogP contribution >= 0.6 is 11.3 Å². The minimum Gasteiger partial charge on any atom is -0.368 e. The topological polar surface area (TPSA) is 38.3 Å². The van der Waals surface area contributed by atoms with Crippen molar-refractivity contribution in [2.45, 2.75) is 45.8 Å². The van der Waals surface area contributed by atoms with E-state index in [4.69, 9.17) is 4.74 Å². The summed E-state index contributed by atoms with van der Waals surface area (Å²) in [6.07, 6.45) is 1.60. The molecule has 2 heterocycles. The largest absolute Gasteiger partial charge is 0.368 e. The van der Waals surface area contributed by atoms with E-state index in [0.29, 0.717) is 6.61 Å². The number of amides is 1. The summed E-state index contributed by atoms with van der Waals surface area (Å²) in [6, 6.07) is 2.22. The van der Waals surface area contributed by atoms with E-state index in [-0.39, 0.29) is 18.1 Å². The van der Waals surface area contributed by atoms with Gasteiger partial charge < -0.3 is 10.1 Å². The Hall–Kier alpha value is -0.870. The van der Waals surface area contributed by atoms with Crippen LogP contribution in [-0.2, 0) is 9.53 Å². The number of nitrogens with one attached hydrogen (secondary N) is 1. The number of hydrogen-bond donors (Lipinski definition) is 1. The number of rotatable bonds is 3. The minimum absolute atomic E-state index is 0.0262. The van der Waals surface area contributed by atoms with Crippen LogP contribution in [0.3, 0.4) is 0 Å². The molecule has 0 aliphatic carbocycles. The first-order chi connectivity index (χ1) is 8.08. The van der Waals surface area contributed by atoms with Crippen molar-refractivity contribution in [3.05, 3.63) is 21.4 Å². The van der Waals surface area contributed by atoms with E-state index in [1.807, 2.05) is 6.92 Å². The summed E-state index contributed by atoms with van der Waals surface area (Å²) in [7, 11) is 0. The lowest BCUT2D eigenvalue weighted by Gasteiger charge is -2.16. The summed E-state index contributed by atoms with van der Waals surface area (Å²) < 4.78 is 5.38. The molecule has 2 atom stereocenters. The summed E-state index contributed by atoms with van der Waals surface area (Å²) in [6.45, 7) is 6.93. The normalized spacial score (nSPS) is 21.5. The zero-order valence-electron chi connectivity index (χ0n) is 10.6. The Bertz CT molecular complexity index is 408. The predicted molar refractivity (Wildman–Crippen MR) is 69.3 cm³/mol. The maximum absolute atomic E-state index is 11.9. The van der Waals surface area contributed by atoms with Gasteiger partial charge in [-0.2, -0.15) is 0 Å². The number of thiophene rings is 1.